The molecule has 0 amide bonds. The van der Waals surface area contributed by atoms with E-state index in [1.807, 2.05) is 26.8 Å². The van der Waals surface area contributed by atoms with E-state index in [9.17, 15) is 4.79 Å². The van der Waals surface area contributed by atoms with Crippen LogP contribution in [0.2, 0.25) is 0 Å². The van der Waals surface area contributed by atoms with Gasteiger partial charge in [0.15, 0.2) is 5.78 Å². The second kappa shape index (κ2) is 8.14. The minimum absolute atomic E-state index is 0.0307. The Bertz CT molecular complexity index is 941. The van der Waals surface area contributed by atoms with E-state index in [0.717, 1.165) is 17.0 Å². The molecule has 8 heteroatoms. The first-order valence-corrected chi connectivity index (χ1v) is 9.62. The Morgan fingerprint density at radius 1 is 1.33 bits per heavy atom. The van der Waals surface area contributed by atoms with E-state index in [2.05, 4.69) is 21.7 Å². The summed E-state index contributed by atoms with van der Waals surface area (Å²) in [4.78, 5) is 12.7. The number of carbonyl (C=O) groups is 1. The van der Waals surface area contributed by atoms with Crippen LogP contribution < -0.4 is 0 Å². The Labute approximate surface area is 162 Å². The molecule has 7 nitrogen and oxygen atoms in total. The fourth-order valence-corrected chi connectivity index (χ4v) is 3.89. The number of thioether (sulfide) groups is 1. The number of hydrogen-bond donors (Lipinski definition) is 0. The molecule has 1 atom stereocenters. The first-order chi connectivity index (χ1) is 12.9. The quantitative estimate of drug-likeness (QED) is 0.421. The van der Waals surface area contributed by atoms with E-state index in [0.29, 0.717) is 29.0 Å². The third kappa shape index (κ3) is 4.01. The van der Waals surface area contributed by atoms with Crippen LogP contribution in [0.15, 0.2) is 32.5 Å². The smallest absolute Gasteiger partial charge is 0.277 e. The van der Waals surface area contributed by atoms with Gasteiger partial charge in [-0.15, -0.1) is 10.2 Å². The van der Waals surface area contributed by atoms with E-state index in [4.69, 9.17) is 13.6 Å². The molecule has 144 valence electrons. The molecular weight excluding hydrogens is 366 g/mol. The Kier molecular flexibility index (Phi) is 5.86. The molecule has 0 radical (unpaired) electrons. The number of aryl methyl sites for hydroxylation is 2. The van der Waals surface area contributed by atoms with E-state index in [1.54, 1.807) is 19.4 Å². The lowest BCUT2D eigenvalue weighted by atomic mass is 10.2. The summed E-state index contributed by atoms with van der Waals surface area (Å²) in [5.74, 6) is 1.37. The van der Waals surface area contributed by atoms with Crippen LogP contribution in [0.3, 0.4) is 0 Å². The van der Waals surface area contributed by atoms with Crippen LogP contribution in [0.25, 0.3) is 11.5 Å². The molecule has 0 bridgehead atoms. The van der Waals surface area contributed by atoms with E-state index < -0.39 is 0 Å². The van der Waals surface area contributed by atoms with Crippen LogP contribution in [-0.2, 0) is 4.74 Å². The molecule has 0 spiro atoms. The van der Waals surface area contributed by atoms with E-state index >= 15 is 0 Å². The third-order valence-electron chi connectivity index (χ3n) is 4.46. The van der Waals surface area contributed by atoms with Crippen LogP contribution >= 0.6 is 11.8 Å². The summed E-state index contributed by atoms with van der Waals surface area (Å²) in [6.07, 6.45) is 1.57. The summed E-state index contributed by atoms with van der Waals surface area (Å²) in [6.45, 7) is 8.46. The molecule has 3 heterocycles. The Hall–Kier alpha value is -2.32. The van der Waals surface area contributed by atoms with Crippen molar-refractivity contribution in [2.75, 3.05) is 19.5 Å². The molecule has 0 aliphatic heterocycles. The highest BCUT2D eigenvalue weighted by Gasteiger charge is 2.20. The van der Waals surface area contributed by atoms with Gasteiger partial charge in [0.1, 0.15) is 5.76 Å². The van der Waals surface area contributed by atoms with Crippen LogP contribution in [0.5, 0.6) is 0 Å². The molecule has 0 saturated heterocycles. The van der Waals surface area contributed by atoms with Crippen molar-refractivity contribution < 1.29 is 18.4 Å². The zero-order valence-corrected chi connectivity index (χ0v) is 16.9. The minimum Gasteiger partial charge on any atom is -0.469 e. The highest BCUT2D eigenvalue weighted by molar-refractivity contribution is 7.99. The molecule has 3 aromatic heterocycles. The molecule has 0 aliphatic carbocycles. The van der Waals surface area contributed by atoms with Gasteiger partial charge >= 0.3 is 0 Å². The summed E-state index contributed by atoms with van der Waals surface area (Å²) < 4.78 is 18.3. The molecule has 0 aromatic carbocycles. The Balaban J connectivity index is 1.69. The van der Waals surface area contributed by atoms with Gasteiger partial charge in [-0.2, -0.15) is 0 Å². The average Bonchev–Trinajstić information content (AvgIpc) is 3.32. The van der Waals surface area contributed by atoms with Crippen molar-refractivity contribution in [2.24, 2.45) is 0 Å². The van der Waals surface area contributed by atoms with Crippen molar-refractivity contribution in [2.45, 2.75) is 39.0 Å². The Morgan fingerprint density at radius 3 is 2.78 bits per heavy atom. The fourth-order valence-electron chi connectivity index (χ4n) is 3.24. The predicted molar refractivity (Wildman–Crippen MR) is 102 cm³/mol. The second-order valence-electron chi connectivity index (χ2n) is 6.43. The maximum absolute atomic E-state index is 12.7. The predicted octanol–water partition coefficient (Wildman–Crippen LogP) is 4.24. The monoisotopic (exact) mass is 389 g/mol. The number of carbonyl (C=O) groups excluding carboxylic acids is 1. The lowest BCUT2D eigenvalue weighted by Gasteiger charge is -2.17. The summed E-state index contributed by atoms with van der Waals surface area (Å²) in [6, 6.07) is 3.87. The van der Waals surface area contributed by atoms with Gasteiger partial charge in [-0.3, -0.25) is 4.79 Å². The lowest BCUT2D eigenvalue weighted by Crippen LogP contribution is -2.14. The molecule has 3 rings (SSSR count). The SMILES string of the molecule is COC[C@H](C)n1c(C)cc(C(=O)CSc2nnc(-c3ccoc3C)o2)c1C. The average molecular weight is 389 g/mol. The number of nitrogens with zero attached hydrogens (tertiary/aromatic N) is 3. The summed E-state index contributed by atoms with van der Waals surface area (Å²) in [7, 11) is 1.68. The van der Waals surface area contributed by atoms with Gasteiger partial charge in [-0.1, -0.05) is 11.8 Å². The maximum atomic E-state index is 12.7. The molecule has 0 aliphatic rings. The van der Waals surface area contributed by atoms with Crippen molar-refractivity contribution in [1.29, 1.82) is 0 Å². The molecule has 3 aromatic rings. The second-order valence-corrected chi connectivity index (χ2v) is 7.36. The number of hydrogen-bond acceptors (Lipinski definition) is 7. The first-order valence-electron chi connectivity index (χ1n) is 8.63. The van der Waals surface area contributed by atoms with E-state index in [-0.39, 0.29) is 17.6 Å². The topological polar surface area (TPSA) is 83.3 Å². The number of aromatic nitrogens is 3. The van der Waals surface area contributed by atoms with Crippen LogP contribution in [-0.4, -0.2) is 40.0 Å². The molecule has 0 fully saturated rings. The van der Waals surface area contributed by atoms with Gasteiger partial charge in [-0.25, -0.2) is 0 Å². The number of furan rings is 1. The summed E-state index contributed by atoms with van der Waals surface area (Å²) in [5.41, 5.74) is 3.47. The molecule has 27 heavy (non-hydrogen) atoms. The van der Waals surface area contributed by atoms with Crippen molar-refractivity contribution in [3.63, 3.8) is 0 Å². The third-order valence-corrected chi connectivity index (χ3v) is 5.27. The van der Waals surface area contributed by atoms with Gasteiger partial charge < -0.3 is 18.1 Å². The zero-order chi connectivity index (χ0) is 19.6. The molecule has 0 N–H and O–H groups in total. The van der Waals surface area contributed by atoms with Gasteiger partial charge in [0.25, 0.3) is 11.1 Å². The number of ketones is 1. The highest BCUT2D eigenvalue weighted by Crippen LogP contribution is 2.27. The van der Waals surface area contributed by atoms with Crippen LogP contribution in [0.4, 0.5) is 0 Å². The van der Waals surface area contributed by atoms with Gasteiger partial charge in [0.2, 0.25) is 0 Å². The number of ether oxygens (including phenoxy) is 1. The molecule has 0 saturated carbocycles. The van der Waals surface area contributed by atoms with Crippen LogP contribution in [0, 0.1) is 20.8 Å². The number of Topliss-reactive ketones (excluding diaryl/α,β-unsaturated/α-hetero) is 1. The largest absolute Gasteiger partial charge is 0.469 e. The zero-order valence-electron chi connectivity index (χ0n) is 16.1. The van der Waals surface area contributed by atoms with Gasteiger partial charge in [0, 0.05) is 24.1 Å². The van der Waals surface area contributed by atoms with Gasteiger partial charge in [-0.05, 0) is 39.8 Å². The summed E-state index contributed by atoms with van der Waals surface area (Å²) in [5, 5.41) is 8.39. The molecule has 0 unspecified atom stereocenters. The van der Waals surface area contributed by atoms with Crippen molar-refractivity contribution in [3.8, 4) is 11.5 Å². The van der Waals surface area contributed by atoms with Crippen molar-refractivity contribution in [1.82, 2.24) is 14.8 Å². The van der Waals surface area contributed by atoms with Gasteiger partial charge in [0.05, 0.1) is 30.2 Å². The summed E-state index contributed by atoms with van der Waals surface area (Å²) >= 11 is 1.24. The normalized spacial score (nSPS) is 12.5. The first kappa shape index (κ1) is 19.4. The minimum atomic E-state index is 0.0307. The lowest BCUT2D eigenvalue weighted by molar-refractivity contribution is 0.102. The maximum Gasteiger partial charge on any atom is 0.277 e. The standard InChI is InChI=1S/C19H23N3O4S/c1-11-8-16(13(3)22(11)12(2)9-24-5)17(23)10-27-19-21-20-18(26-19)15-6-7-25-14(15)4/h6-8,12H,9-10H2,1-5H3/t12-/m0/s1. The number of rotatable bonds is 8. The van der Waals surface area contributed by atoms with Crippen LogP contribution in [0.1, 0.15) is 40.5 Å². The van der Waals surface area contributed by atoms with Crippen molar-refractivity contribution in [3.05, 3.63) is 41.1 Å². The van der Waals surface area contributed by atoms with Crippen molar-refractivity contribution >= 4 is 17.5 Å². The highest BCUT2D eigenvalue weighted by atomic mass is 32.2. The molecular formula is C19H23N3O4S. The van der Waals surface area contributed by atoms with E-state index in [1.165, 1.54) is 11.8 Å². The fraction of sp³-hybridized carbons (Fsp3) is 0.421. The number of methoxy groups -OCH3 is 1. The Morgan fingerprint density at radius 2 is 2.11 bits per heavy atom.